The van der Waals surface area contributed by atoms with Gasteiger partial charge in [-0.25, -0.2) is 4.98 Å². The number of nitro groups is 1. The van der Waals surface area contributed by atoms with Crippen molar-refractivity contribution in [2.24, 2.45) is 11.8 Å². The Morgan fingerprint density at radius 3 is 2.94 bits per heavy atom. The first-order valence-electron chi connectivity index (χ1n) is 6.45. The Morgan fingerprint density at radius 1 is 1.44 bits per heavy atom. The van der Waals surface area contributed by atoms with E-state index < -0.39 is 0 Å². The predicted octanol–water partition coefficient (Wildman–Crippen LogP) is 3.23. The van der Waals surface area contributed by atoms with Gasteiger partial charge in [0.2, 0.25) is 5.82 Å². The van der Waals surface area contributed by atoms with Gasteiger partial charge in [0.25, 0.3) is 0 Å². The molecule has 0 spiro atoms. The van der Waals surface area contributed by atoms with E-state index in [1.807, 2.05) is 0 Å². The second kappa shape index (κ2) is 5.33. The molecule has 0 saturated heterocycles. The highest BCUT2D eigenvalue weighted by molar-refractivity contribution is 5.55. The molecule has 0 aromatic carbocycles. The third kappa shape index (κ3) is 2.60. The summed E-state index contributed by atoms with van der Waals surface area (Å²) in [6.45, 7) is 4.45. The van der Waals surface area contributed by atoms with Crippen LogP contribution in [-0.4, -0.2) is 15.9 Å². The van der Waals surface area contributed by atoms with Crippen LogP contribution in [0.1, 0.15) is 33.1 Å². The number of hydrogen-bond donors (Lipinski definition) is 1. The standard InChI is InChI=1S/C13H19N3O2/c1-9-5-3-6-11(10(9)2)15-13-12(16(17)18)7-4-8-14-13/h4,7-11H,3,5-6H2,1-2H3,(H,14,15)/t9-,10+,11+/m0/s1. The summed E-state index contributed by atoms with van der Waals surface area (Å²) in [7, 11) is 0. The lowest BCUT2D eigenvalue weighted by atomic mass is 9.78. The number of nitrogens with zero attached hydrogens (tertiary/aromatic N) is 2. The van der Waals surface area contributed by atoms with Gasteiger partial charge in [0.15, 0.2) is 0 Å². The minimum absolute atomic E-state index is 0.0583. The lowest BCUT2D eigenvalue weighted by molar-refractivity contribution is -0.384. The Labute approximate surface area is 107 Å². The normalized spacial score (nSPS) is 27.8. The maximum Gasteiger partial charge on any atom is 0.311 e. The topological polar surface area (TPSA) is 68.1 Å². The van der Waals surface area contributed by atoms with Crippen molar-refractivity contribution in [3.05, 3.63) is 28.4 Å². The number of anilines is 1. The first-order valence-corrected chi connectivity index (χ1v) is 6.45. The Kier molecular flexibility index (Phi) is 3.79. The van der Waals surface area contributed by atoms with Crippen LogP contribution in [0, 0.1) is 22.0 Å². The van der Waals surface area contributed by atoms with E-state index in [1.165, 1.54) is 18.9 Å². The molecule has 1 aliphatic carbocycles. The van der Waals surface area contributed by atoms with Crippen LogP contribution in [0.25, 0.3) is 0 Å². The molecule has 1 saturated carbocycles. The number of nitrogens with one attached hydrogen (secondary N) is 1. The molecule has 1 aliphatic rings. The molecule has 2 rings (SSSR count). The van der Waals surface area contributed by atoms with E-state index >= 15 is 0 Å². The summed E-state index contributed by atoms with van der Waals surface area (Å²) in [5, 5.41) is 14.2. The molecule has 1 N–H and O–H groups in total. The summed E-state index contributed by atoms with van der Waals surface area (Å²) in [5.41, 5.74) is 0.0583. The smallest absolute Gasteiger partial charge is 0.311 e. The molecule has 1 heterocycles. The highest BCUT2D eigenvalue weighted by atomic mass is 16.6. The van der Waals surface area contributed by atoms with Crippen LogP contribution < -0.4 is 5.32 Å². The van der Waals surface area contributed by atoms with Gasteiger partial charge in [-0.15, -0.1) is 0 Å². The lowest BCUT2D eigenvalue weighted by Gasteiger charge is -2.34. The first-order chi connectivity index (χ1) is 8.59. The van der Waals surface area contributed by atoms with E-state index in [-0.39, 0.29) is 16.7 Å². The fraction of sp³-hybridized carbons (Fsp3) is 0.615. The zero-order valence-corrected chi connectivity index (χ0v) is 10.8. The zero-order valence-electron chi connectivity index (χ0n) is 10.8. The molecule has 0 radical (unpaired) electrons. The fourth-order valence-corrected chi connectivity index (χ4v) is 2.62. The van der Waals surface area contributed by atoms with E-state index in [0.717, 1.165) is 6.42 Å². The van der Waals surface area contributed by atoms with Crippen LogP contribution in [0.15, 0.2) is 18.3 Å². The largest absolute Gasteiger partial charge is 0.361 e. The number of aromatic nitrogens is 1. The molecule has 0 unspecified atom stereocenters. The molecule has 98 valence electrons. The molecule has 5 nitrogen and oxygen atoms in total. The minimum Gasteiger partial charge on any atom is -0.361 e. The molecule has 1 aromatic rings. The molecule has 18 heavy (non-hydrogen) atoms. The van der Waals surface area contributed by atoms with Gasteiger partial charge < -0.3 is 5.32 Å². The average Bonchev–Trinajstić information content (AvgIpc) is 2.35. The first kappa shape index (κ1) is 12.8. The van der Waals surface area contributed by atoms with E-state index in [2.05, 4.69) is 24.1 Å². The summed E-state index contributed by atoms with van der Waals surface area (Å²) in [6.07, 6.45) is 5.05. The molecule has 0 amide bonds. The van der Waals surface area contributed by atoms with Crippen molar-refractivity contribution in [3.63, 3.8) is 0 Å². The molecular weight excluding hydrogens is 230 g/mol. The summed E-state index contributed by atoms with van der Waals surface area (Å²) in [6, 6.07) is 3.37. The van der Waals surface area contributed by atoms with Crippen molar-refractivity contribution in [1.82, 2.24) is 4.98 Å². The van der Waals surface area contributed by atoms with Crippen LogP contribution >= 0.6 is 0 Å². The van der Waals surface area contributed by atoms with Gasteiger partial charge in [-0.2, -0.15) is 0 Å². The van der Waals surface area contributed by atoms with Crippen molar-refractivity contribution < 1.29 is 4.92 Å². The average molecular weight is 249 g/mol. The SMILES string of the molecule is C[C@@H]1[C@@H](C)CCC[C@H]1Nc1ncccc1[N+](=O)[O-]. The maximum absolute atomic E-state index is 10.9. The molecule has 1 aromatic heterocycles. The molecular formula is C13H19N3O2. The van der Waals surface area contributed by atoms with Gasteiger partial charge in [0, 0.05) is 18.3 Å². The Bertz CT molecular complexity index is 436. The quantitative estimate of drug-likeness (QED) is 0.659. The zero-order chi connectivity index (χ0) is 13.1. The number of pyridine rings is 1. The van der Waals surface area contributed by atoms with Crippen LogP contribution in [0.3, 0.4) is 0 Å². The molecule has 3 atom stereocenters. The van der Waals surface area contributed by atoms with Crippen LogP contribution in [0.5, 0.6) is 0 Å². The molecule has 1 fully saturated rings. The van der Waals surface area contributed by atoms with Crippen molar-refractivity contribution in [1.29, 1.82) is 0 Å². The summed E-state index contributed by atoms with van der Waals surface area (Å²) in [5.74, 6) is 1.56. The van der Waals surface area contributed by atoms with Gasteiger partial charge >= 0.3 is 5.69 Å². The predicted molar refractivity (Wildman–Crippen MR) is 70.5 cm³/mol. The van der Waals surface area contributed by atoms with Gasteiger partial charge in [0.1, 0.15) is 0 Å². The summed E-state index contributed by atoms with van der Waals surface area (Å²) < 4.78 is 0. The Hall–Kier alpha value is -1.65. The Morgan fingerprint density at radius 2 is 2.22 bits per heavy atom. The third-order valence-electron chi connectivity index (χ3n) is 4.01. The highest BCUT2D eigenvalue weighted by Crippen LogP contribution is 2.32. The minimum atomic E-state index is -0.383. The van der Waals surface area contributed by atoms with E-state index in [4.69, 9.17) is 0 Å². The highest BCUT2D eigenvalue weighted by Gasteiger charge is 2.28. The second-order valence-electron chi connectivity index (χ2n) is 5.15. The van der Waals surface area contributed by atoms with E-state index in [9.17, 15) is 10.1 Å². The van der Waals surface area contributed by atoms with Crippen LogP contribution in [0.2, 0.25) is 0 Å². The lowest BCUT2D eigenvalue weighted by Crippen LogP contribution is -2.35. The van der Waals surface area contributed by atoms with Crippen molar-refractivity contribution >= 4 is 11.5 Å². The fourth-order valence-electron chi connectivity index (χ4n) is 2.62. The van der Waals surface area contributed by atoms with Crippen molar-refractivity contribution in [2.75, 3.05) is 5.32 Å². The van der Waals surface area contributed by atoms with E-state index in [0.29, 0.717) is 17.7 Å². The molecule has 0 aliphatic heterocycles. The molecule has 0 bridgehead atoms. The maximum atomic E-state index is 10.9. The Balaban J connectivity index is 2.16. The number of hydrogen-bond acceptors (Lipinski definition) is 4. The molecule has 5 heteroatoms. The van der Waals surface area contributed by atoms with Gasteiger partial charge in [-0.1, -0.05) is 26.7 Å². The van der Waals surface area contributed by atoms with Gasteiger partial charge in [-0.05, 0) is 24.3 Å². The number of rotatable bonds is 3. The van der Waals surface area contributed by atoms with Crippen molar-refractivity contribution in [2.45, 2.75) is 39.2 Å². The van der Waals surface area contributed by atoms with Gasteiger partial charge in [0.05, 0.1) is 4.92 Å². The summed E-state index contributed by atoms with van der Waals surface area (Å²) >= 11 is 0. The van der Waals surface area contributed by atoms with Gasteiger partial charge in [-0.3, -0.25) is 10.1 Å². The third-order valence-corrected chi connectivity index (χ3v) is 4.01. The second-order valence-corrected chi connectivity index (χ2v) is 5.15. The van der Waals surface area contributed by atoms with Crippen molar-refractivity contribution in [3.8, 4) is 0 Å². The van der Waals surface area contributed by atoms with E-state index in [1.54, 1.807) is 12.3 Å². The summed E-state index contributed by atoms with van der Waals surface area (Å²) in [4.78, 5) is 14.7. The monoisotopic (exact) mass is 249 g/mol. The van der Waals surface area contributed by atoms with Crippen LogP contribution in [-0.2, 0) is 0 Å². The van der Waals surface area contributed by atoms with Crippen LogP contribution in [0.4, 0.5) is 11.5 Å².